The van der Waals surface area contributed by atoms with Gasteiger partial charge in [-0.25, -0.2) is 0 Å². The van der Waals surface area contributed by atoms with Gasteiger partial charge in [-0.1, -0.05) is 17.7 Å². The number of ketones is 2. The van der Waals surface area contributed by atoms with E-state index < -0.39 is 11.8 Å². The zero-order valence-electron chi connectivity index (χ0n) is 14.6. The van der Waals surface area contributed by atoms with E-state index in [4.69, 9.17) is 0 Å². The van der Waals surface area contributed by atoms with Crippen molar-refractivity contribution in [3.8, 4) is 0 Å². The normalized spacial score (nSPS) is 20.9. The number of amides is 1. The van der Waals surface area contributed by atoms with Gasteiger partial charge in [0.15, 0.2) is 5.78 Å². The number of rotatable bonds is 4. The second kappa shape index (κ2) is 6.65. The Morgan fingerprint density at radius 1 is 1.17 bits per heavy atom. The SMILES string of the molecule is CCN(C)C(=O)CC1CC(=O)C(c2c(C)cc(C)cc2C)C1=O. The van der Waals surface area contributed by atoms with Gasteiger partial charge in [0.25, 0.3) is 0 Å². The Morgan fingerprint density at radius 3 is 2.26 bits per heavy atom. The van der Waals surface area contributed by atoms with E-state index in [1.54, 1.807) is 11.9 Å². The van der Waals surface area contributed by atoms with E-state index in [0.717, 1.165) is 22.3 Å². The van der Waals surface area contributed by atoms with Crippen LogP contribution in [0.1, 0.15) is 47.9 Å². The molecule has 0 aromatic heterocycles. The van der Waals surface area contributed by atoms with Crippen molar-refractivity contribution in [3.63, 3.8) is 0 Å². The van der Waals surface area contributed by atoms with Gasteiger partial charge in [0.1, 0.15) is 11.7 Å². The molecule has 0 aliphatic heterocycles. The lowest BCUT2D eigenvalue weighted by Gasteiger charge is -2.18. The summed E-state index contributed by atoms with van der Waals surface area (Å²) in [5.74, 6) is -1.39. The van der Waals surface area contributed by atoms with Gasteiger partial charge in [-0.15, -0.1) is 0 Å². The largest absolute Gasteiger partial charge is 0.346 e. The van der Waals surface area contributed by atoms with Crippen LogP contribution in [0.3, 0.4) is 0 Å². The summed E-state index contributed by atoms with van der Waals surface area (Å²) < 4.78 is 0. The predicted octanol–water partition coefficient (Wildman–Crippen LogP) is 2.72. The molecule has 0 spiro atoms. The smallest absolute Gasteiger partial charge is 0.223 e. The van der Waals surface area contributed by atoms with Crippen LogP contribution in [0.15, 0.2) is 12.1 Å². The fraction of sp³-hybridized carbons (Fsp3) is 0.526. The van der Waals surface area contributed by atoms with Gasteiger partial charge in [0.2, 0.25) is 5.91 Å². The fourth-order valence-corrected chi connectivity index (χ4v) is 3.52. The van der Waals surface area contributed by atoms with Crippen molar-refractivity contribution in [2.24, 2.45) is 5.92 Å². The standard InChI is InChI=1S/C19H25NO3/c1-6-20(5)16(22)10-14-9-15(21)18(19(14)23)17-12(3)7-11(2)8-13(17)4/h7-8,14,18H,6,9-10H2,1-5H3. The summed E-state index contributed by atoms with van der Waals surface area (Å²) >= 11 is 0. The number of hydrogen-bond acceptors (Lipinski definition) is 3. The molecule has 2 atom stereocenters. The molecule has 1 saturated carbocycles. The summed E-state index contributed by atoms with van der Waals surface area (Å²) in [5, 5.41) is 0. The number of carbonyl (C=O) groups is 3. The zero-order valence-corrected chi connectivity index (χ0v) is 14.6. The van der Waals surface area contributed by atoms with E-state index in [2.05, 4.69) is 0 Å². The van der Waals surface area contributed by atoms with Crippen molar-refractivity contribution in [1.82, 2.24) is 4.90 Å². The highest BCUT2D eigenvalue weighted by Crippen LogP contribution is 2.37. The van der Waals surface area contributed by atoms with Crippen molar-refractivity contribution in [3.05, 3.63) is 34.4 Å². The number of hydrogen-bond donors (Lipinski definition) is 0. The van der Waals surface area contributed by atoms with Crippen LogP contribution < -0.4 is 0 Å². The van der Waals surface area contributed by atoms with E-state index in [1.165, 1.54) is 0 Å². The minimum atomic E-state index is -0.694. The Morgan fingerprint density at radius 2 is 1.74 bits per heavy atom. The molecule has 0 saturated heterocycles. The van der Waals surface area contributed by atoms with Gasteiger partial charge < -0.3 is 4.90 Å². The van der Waals surface area contributed by atoms with Crippen molar-refractivity contribution >= 4 is 17.5 Å². The first-order valence-electron chi connectivity index (χ1n) is 8.14. The number of benzene rings is 1. The van der Waals surface area contributed by atoms with Crippen LogP contribution in [0, 0.1) is 26.7 Å². The van der Waals surface area contributed by atoms with Crippen molar-refractivity contribution in [2.75, 3.05) is 13.6 Å². The number of Topliss-reactive ketones (excluding diaryl/α,β-unsaturated/α-hetero) is 2. The first-order chi connectivity index (χ1) is 10.8. The summed E-state index contributed by atoms with van der Waals surface area (Å²) in [6, 6.07) is 4.01. The third kappa shape index (κ3) is 3.36. The second-order valence-corrected chi connectivity index (χ2v) is 6.63. The summed E-state index contributed by atoms with van der Waals surface area (Å²) in [4.78, 5) is 38.9. The summed E-state index contributed by atoms with van der Waals surface area (Å²) in [7, 11) is 1.72. The lowest BCUT2D eigenvalue weighted by molar-refractivity contribution is -0.133. The quantitative estimate of drug-likeness (QED) is 0.803. The lowest BCUT2D eigenvalue weighted by Crippen LogP contribution is -2.29. The van der Waals surface area contributed by atoms with Crippen LogP contribution in [-0.4, -0.2) is 36.0 Å². The molecule has 2 unspecified atom stereocenters. The Balaban J connectivity index is 2.28. The van der Waals surface area contributed by atoms with Crippen LogP contribution >= 0.6 is 0 Å². The van der Waals surface area contributed by atoms with Crippen LogP contribution in [0.5, 0.6) is 0 Å². The minimum absolute atomic E-state index is 0.0537. The highest BCUT2D eigenvalue weighted by Gasteiger charge is 2.43. The van der Waals surface area contributed by atoms with Gasteiger partial charge in [0.05, 0.1) is 0 Å². The van der Waals surface area contributed by atoms with E-state index in [9.17, 15) is 14.4 Å². The maximum Gasteiger partial charge on any atom is 0.223 e. The zero-order chi connectivity index (χ0) is 17.3. The third-order valence-electron chi connectivity index (χ3n) is 4.80. The highest BCUT2D eigenvalue weighted by molar-refractivity contribution is 6.15. The van der Waals surface area contributed by atoms with Crippen LogP contribution in [-0.2, 0) is 14.4 Å². The topological polar surface area (TPSA) is 54.5 Å². The summed E-state index contributed by atoms with van der Waals surface area (Å²) in [5.41, 5.74) is 3.92. The average molecular weight is 315 g/mol. The molecule has 0 radical (unpaired) electrons. The summed E-state index contributed by atoms with van der Waals surface area (Å²) in [6.45, 7) is 8.39. The fourth-order valence-electron chi connectivity index (χ4n) is 3.52. The molecule has 2 rings (SSSR count). The molecule has 4 heteroatoms. The predicted molar refractivity (Wildman–Crippen MR) is 89.4 cm³/mol. The molecule has 23 heavy (non-hydrogen) atoms. The number of carbonyl (C=O) groups excluding carboxylic acids is 3. The molecule has 1 aliphatic carbocycles. The van der Waals surface area contributed by atoms with E-state index in [-0.39, 0.29) is 30.3 Å². The maximum atomic E-state index is 12.8. The molecular formula is C19H25NO3. The molecule has 1 amide bonds. The van der Waals surface area contributed by atoms with Gasteiger partial charge >= 0.3 is 0 Å². The third-order valence-corrected chi connectivity index (χ3v) is 4.80. The van der Waals surface area contributed by atoms with Crippen molar-refractivity contribution < 1.29 is 14.4 Å². The van der Waals surface area contributed by atoms with E-state index in [1.807, 2.05) is 39.8 Å². The first-order valence-corrected chi connectivity index (χ1v) is 8.14. The Bertz CT molecular complexity index is 640. The molecule has 1 aromatic carbocycles. The van der Waals surface area contributed by atoms with Crippen molar-refractivity contribution in [2.45, 2.75) is 46.5 Å². The van der Waals surface area contributed by atoms with Gasteiger partial charge in [-0.3, -0.25) is 14.4 Å². The molecule has 0 bridgehead atoms. The molecule has 0 N–H and O–H groups in total. The molecule has 1 fully saturated rings. The first kappa shape index (κ1) is 17.4. The Hall–Kier alpha value is -1.97. The lowest BCUT2D eigenvalue weighted by atomic mass is 9.86. The average Bonchev–Trinajstić information content (AvgIpc) is 2.73. The van der Waals surface area contributed by atoms with Crippen molar-refractivity contribution in [1.29, 1.82) is 0 Å². The van der Waals surface area contributed by atoms with Gasteiger partial charge in [0, 0.05) is 32.4 Å². The van der Waals surface area contributed by atoms with E-state index in [0.29, 0.717) is 6.54 Å². The molecule has 1 aromatic rings. The minimum Gasteiger partial charge on any atom is -0.346 e. The summed E-state index contributed by atoms with van der Waals surface area (Å²) in [6.07, 6.45) is 0.314. The highest BCUT2D eigenvalue weighted by atomic mass is 16.2. The molecule has 124 valence electrons. The van der Waals surface area contributed by atoms with Gasteiger partial charge in [-0.05, 0) is 44.4 Å². The monoisotopic (exact) mass is 315 g/mol. The Labute approximate surface area is 137 Å². The van der Waals surface area contributed by atoms with Gasteiger partial charge in [-0.2, -0.15) is 0 Å². The second-order valence-electron chi connectivity index (χ2n) is 6.63. The Kier molecular flexibility index (Phi) is 5.03. The van der Waals surface area contributed by atoms with Crippen LogP contribution in [0.2, 0.25) is 0 Å². The molecule has 4 nitrogen and oxygen atoms in total. The molecule has 1 aliphatic rings. The molecule has 0 heterocycles. The maximum absolute atomic E-state index is 12.8. The van der Waals surface area contributed by atoms with Crippen LogP contribution in [0.4, 0.5) is 0 Å². The molecular weight excluding hydrogens is 290 g/mol. The van der Waals surface area contributed by atoms with Crippen LogP contribution in [0.25, 0.3) is 0 Å². The number of nitrogens with zero attached hydrogens (tertiary/aromatic N) is 1. The number of aryl methyl sites for hydroxylation is 3. The van der Waals surface area contributed by atoms with E-state index >= 15 is 0 Å².